The molecule has 3 aromatic rings. The number of likely N-dealkylation sites (tertiary alicyclic amines) is 1. The van der Waals surface area contributed by atoms with Crippen molar-refractivity contribution in [3.05, 3.63) is 96.8 Å². The third-order valence-corrected chi connectivity index (χ3v) is 5.79. The van der Waals surface area contributed by atoms with Crippen LogP contribution in [0.5, 0.6) is 0 Å². The Labute approximate surface area is 184 Å². The third-order valence-electron chi connectivity index (χ3n) is 5.79. The minimum Gasteiger partial charge on any atom is -0.300 e. The number of anilines is 2. The van der Waals surface area contributed by atoms with E-state index >= 15 is 0 Å². The zero-order chi connectivity index (χ0) is 21.3. The highest BCUT2D eigenvalue weighted by Crippen LogP contribution is 2.29. The topological polar surface area (TPSA) is 36.4 Å². The van der Waals surface area contributed by atoms with Crippen LogP contribution in [0.3, 0.4) is 0 Å². The molecule has 158 valence electrons. The molecular formula is C27H29N3O. The molecule has 31 heavy (non-hydrogen) atoms. The molecule has 1 aliphatic rings. The molecule has 1 aliphatic heterocycles. The van der Waals surface area contributed by atoms with Gasteiger partial charge in [0.15, 0.2) is 0 Å². The van der Waals surface area contributed by atoms with Crippen molar-refractivity contribution in [2.75, 3.05) is 24.5 Å². The molecule has 2 aromatic carbocycles. The predicted molar refractivity (Wildman–Crippen MR) is 127 cm³/mol. The fourth-order valence-corrected chi connectivity index (χ4v) is 4.10. The van der Waals surface area contributed by atoms with E-state index in [9.17, 15) is 4.79 Å². The summed E-state index contributed by atoms with van der Waals surface area (Å²) in [7, 11) is 0. The summed E-state index contributed by atoms with van der Waals surface area (Å²) in [4.78, 5) is 22.0. The van der Waals surface area contributed by atoms with Gasteiger partial charge in [-0.2, -0.15) is 0 Å². The van der Waals surface area contributed by atoms with E-state index in [1.165, 1.54) is 0 Å². The number of hydrogen-bond donors (Lipinski definition) is 0. The van der Waals surface area contributed by atoms with Crippen molar-refractivity contribution in [3.63, 3.8) is 0 Å². The molecule has 0 unspecified atom stereocenters. The highest BCUT2D eigenvalue weighted by Gasteiger charge is 2.25. The van der Waals surface area contributed by atoms with E-state index < -0.39 is 0 Å². The fourth-order valence-electron chi connectivity index (χ4n) is 4.10. The van der Waals surface area contributed by atoms with Crippen LogP contribution in [0.25, 0.3) is 6.08 Å². The molecule has 0 atom stereocenters. The largest absolute Gasteiger partial charge is 0.300 e. The maximum atomic E-state index is 13.3. The van der Waals surface area contributed by atoms with Gasteiger partial charge in [-0.15, -0.1) is 0 Å². The second-order valence-electron chi connectivity index (χ2n) is 8.01. The number of piperidine rings is 1. The van der Waals surface area contributed by atoms with Crippen LogP contribution in [0.15, 0.2) is 91.1 Å². The maximum absolute atomic E-state index is 13.3. The fraction of sp³-hybridized carbons (Fsp3) is 0.259. The van der Waals surface area contributed by atoms with Gasteiger partial charge in [-0.05, 0) is 74.3 Å². The van der Waals surface area contributed by atoms with Crippen molar-refractivity contribution < 1.29 is 4.79 Å². The van der Waals surface area contributed by atoms with Gasteiger partial charge >= 0.3 is 0 Å². The summed E-state index contributed by atoms with van der Waals surface area (Å²) < 4.78 is 0. The molecule has 0 saturated carbocycles. The summed E-state index contributed by atoms with van der Waals surface area (Å²) in [5.41, 5.74) is 2.84. The molecule has 4 nitrogen and oxygen atoms in total. The Morgan fingerprint density at radius 2 is 1.52 bits per heavy atom. The number of nitrogens with zero attached hydrogens (tertiary/aromatic N) is 3. The number of para-hydroxylation sites is 2. The average molecular weight is 412 g/mol. The van der Waals surface area contributed by atoms with Gasteiger partial charge in [-0.25, -0.2) is 0 Å². The Balaban J connectivity index is 1.32. The summed E-state index contributed by atoms with van der Waals surface area (Å²) in [6, 6.07) is 25.8. The zero-order valence-electron chi connectivity index (χ0n) is 17.8. The normalized spacial score (nSPS) is 15.2. The molecule has 1 amide bonds. The Morgan fingerprint density at radius 3 is 2.10 bits per heavy atom. The van der Waals surface area contributed by atoms with E-state index in [2.05, 4.69) is 22.0 Å². The number of carbonyl (C=O) groups is 1. The first kappa shape index (κ1) is 21.0. The van der Waals surface area contributed by atoms with E-state index in [1.54, 1.807) is 0 Å². The lowest BCUT2D eigenvalue weighted by molar-refractivity contribution is -0.119. The van der Waals surface area contributed by atoms with Gasteiger partial charge in [0.25, 0.3) is 0 Å². The first-order valence-electron chi connectivity index (χ1n) is 11.0. The van der Waals surface area contributed by atoms with Crippen LogP contribution in [-0.4, -0.2) is 35.4 Å². The van der Waals surface area contributed by atoms with E-state index in [0.29, 0.717) is 12.3 Å². The molecule has 1 aromatic heterocycles. The molecule has 0 N–H and O–H groups in total. The van der Waals surface area contributed by atoms with Crippen molar-refractivity contribution in [2.45, 2.75) is 19.3 Å². The molecule has 0 bridgehead atoms. The van der Waals surface area contributed by atoms with E-state index in [0.717, 1.165) is 49.5 Å². The van der Waals surface area contributed by atoms with Crippen LogP contribution in [0.4, 0.5) is 11.4 Å². The van der Waals surface area contributed by atoms with Crippen LogP contribution < -0.4 is 4.90 Å². The second-order valence-corrected chi connectivity index (χ2v) is 8.01. The highest BCUT2D eigenvalue weighted by molar-refractivity contribution is 6.00. The van der Waals surface area contributed by atoms with Crippen molar-refractivity contribution in [2.24, 2.45) is 5.92 Å². The van der Waals surface area contributed by atoms with Gasteiger partial charge < -0.3 is 0 Å². The lowest BCUT2D eigenvalue weighted by Gasteiger charge is -2.32. The molecule has 0 spiro atoms. The van der Waals surface area contributed by atoms with Crippen molar-refractivity contribution in [1.82, 2.24) is 9.88 Å². The van der Waals surface area contributed by atoms with Crippen LogP contribution in [0, 0.1) is 5.92 Å². The Hall–Kier alpha value is -3.24. The Kier molecular flexibility index (Phi) is 7.24. The molecule has 0 radical (unpaired) electrons. The van der Waals surface area contributed by atoms with Crippen molar-refractivity contribution in [1.29, 1.82) is 0 Å². The van der Waals surface area contributed by atoms with Gasteiger partial charge in [0.05, 0.1) is 5.69 Å². The van der Waals surface area contributed by atoms with Crippen LogP contribution >= 0.6 is 0 Å². The number of pyridine rings is 1. The molecule has 2 heterocycles. The molecule has 4 heteroatoms. The van der Waals surface area contributed by atoms with Crippen LogP contribution in [0.2, 0.25) is 0 Å². The quantitative estimate of drug-likeness (QED) is 0.511. The molecule has 4 rings (SSSR count). The SMILES string of the molecule is O=C(CC1CCN(C/C=C/c2ccccn2)CC1)N(c1ccccc1)c1ccccc1. The predicted octanol–water partition coefficient (Wildman–Crippen LogP) is 5.56. The molecule has 0 aliphatic carbocycles. The van der Waals surface area contributed by atoms with Gasteiger partial charge in [-0.3, -0.25) is 19.6 Å². The smallest absolute Gasteiger partial charge is 0.231 e. The Morgan fingerprint density at radius 1 is 0.903 bits per heavy atom. The number of benzene rings is 2. The number of carbonyl (C=O) groups excluding carboxylic acids is 1. The van der Waals surface area contributed by atoms with E-state index in [-0.39, 0.29) is 5.91 Å². The van der Waals surface area contributed by atoms with Crippen molar-refractivity contribution in [3.8, 4) is 0 Å². The van der Waals surface area contributed by atoms with Gasteiger partial charge in [0.1, 0.15) is 0 Å². The third kappa shape index (κ3) is 5.89. The van der Waals surface area contributed by atoms with Crippen LogP contribution in [0.1, 0.15) is 25.0 Å². The zero-order valence-corrected chi connectivity index (χ0v) is 17.8. The minimum atomic E-state index is 0.172. The summed E-state index contributed by atoms with van der Waals surface area (Å²) in [5, 5.41) is 0. The number of aromatic nitrogens is 1. The summed E-state index contributed by atoms with van der Waals surface area (Å²) in [5.74, 6) is 0.601. The van der Waals surface area contributed by atoms with E-state index in [4.69, 9.17) is 0 Å². The summed E-state index contributed by atoms with van der Waals surface area (Å²) in [6.07, 6.45) is 8.77. The number of amides is 1. The molecular weight excluding hydrogens is 382 g/mol. The van der Waals surface area contributed by atoms with Crippen LogP contribution in [-0.2, 0) is 4.79 Å². The minimum absolute atomic E-state index is 0.172. The molecule has 1 saturated heterocycles. The number of rotatable bonds is 7. The summed E-state index contributed by atoms with van der Waals surface area (Å²) >= 11 is 0. The first-order valence-corrected chi connectivity index (χ1v) is 11.0. The molecule has 1 fully saturated rings. The summed E-state index contributed by atoms with van der Waals surface area (Å²) in [6.45, 7) is 2.99. The van der Waals surface area contributed by atoms with Crippen molar-refractivity contribution >= 4 is 23.4 Å². The van der Waals surface area contributed by atoms with Gasteiger partial charge in [0, 0.05) is 30.5 Å². The monoisotopic (exact) mass is 411 g/mol. The average Bonchev–Trinajstić information content (AvgIpc) is 2.82. The van der Waals surface area contributed by atoms with Gasteiger partial charge in [-0.1, -0.05) is 48.5 Å². The van der Waals surface area contributed by atoms with Gasteiger partial charge in [0.2, 0.25) is 5.91 Å². The Bertz CT molecular complexity index is 926. The standard InChI is InChI=1S/C27H29N3O/c31-27(30(25-12-3-1-4-13-25)26-14-5-2-6-15-26)22-23-16-20-29(21-17-23)19-9-11-24-10-7-8-18-28-24/h1-15,18,23H,16-17,19-22H2/b11-9+. The lowest BCUT2D eigenvalue weighted by Crippen LogP contribution is -2.36. The lowest BCUT2D eigenvalue weighted by atomic mass is 9.92. The maximum Gasteiger partial charge on any atom is 0.231 e. The number of hydrogen-bond acceptors (Lipinski definition) is 3. The second kappa shape index (κ2) is 10.7. The van der Waals surface area contributed by atoms with E-state index in [1.807, 2.05) is 90.0 Å². The first-order chi connectivity index (χ1) is 15.3. The highest BCUT2D eigenvalue weighted by atomic mass is 16.2.